The van der Waals surface area contributed by atoms with E-state index in [-0.39, 0.29) is 17.7 Å². The maximum Gasteiger partial charge on any atom is 0.257 e. The van der Waals surface area contributed by atoms with Gasteiger partial charge in [0.1, 0.15) is 11.5 Å². The summed E-state index contributed by atoms with van der Waals surface area (Å²) in [4.78, 5) is 30.3. The highest BCUT2D eigenvalue weighted by molar-refractivity contribution is 5.99. The number of piperidine rings is 2. The van der Waals surface area contributed by atoms with Crippen LogP contribution >= 0.6 is 0 Å². The third-order valence-electron chi connectivity index (χ3n) is 6.74. The predicted octanol–water partition coefficient (Wildman–Crippen LogP) is 4.31. The fourth-order valence-corrected chi connectivity index (χ4v) is 4.86. The number of para-hydroxylation sites is 1. The second kappa shape index (κ2) is 9.25. The molecule has 0 unspecified atom stereocenters. The first kappa shape index (κ1) is 21.5. The molecule has 3 aromatic rings. The lowest BCUT2D eigenvalue weighted by Gasteiger charge is -2.35. The topological polar surface area (TPSA) is 71.6 Å². The van der Waals surface area contributed by atoms with Gasteiger partial charge in [-0.15, -0.1) is 0 Å². The normalized spacial score (nSPS) is 17.4. The van der Waals surface area contributed by atoms with E-state index in [9.17, 15) is 9.59 Å². The van der Waals surface area contributed by atoms with Crippen LogP contribution in [0.4, 0.5) is 0 Å². The highest BCUT2D eigenvalue weighted by atomic mass is 16.3. The van der Waals surface area contributed by atoms with Crippen LogP contribution in [0, 0.1) is 12.8 Å². The lowest BCUT2D eigenvalue weighted by atomic mass is 9.94. The van der Waals surface area contributed by atoms with Crippen LogP contribution in [0.25, 0.3) is 17.1 Å². The number of rotatable bonds is 4. The lowest BCUT2D eigenvalue weighted by molar-refractivity contribution is -0.137. The molecule has 4 heterocycles. The third kappa shape index (κ3) is 4.45. The van der Waals surface area contributed by atoms with Crippen LogP contribution in [0.5, 0.6) is 0 Å². The van der Waals surface area contributed by atoms with E-state index < -0.39 is 0 Å². The number of benzene rings is 1. The van der Waals surface area contributed by atoms with Gasteiger partial charge in [-0.3, -0.25) is 9.59 Å². The molecule has 0 bridgehead atoms. The molecule has 5 rings (SSSR count). The average molecular weight is 447 g/mol. The number of likely N-dealkylation sites (tertiary alicyclic amines) is 2. The second-order valence-electron chi connectivity index (χ2n) is 9.03. The Morgan fingerprint density at radius 3 is 2.30 bits per heavy atom. The van der Waals surface area contributed by atoms with Crippen LogP contribution in [0.3, 0.4) is 0 Å². The van der Waals surface area contributed by atoms with Gasteiger partial charge in [0, 0.05) is 38.3 Å². The van der Waals surface area contributed by atoms with E-state index >= 15 is 0 Å². The Balaban J connectivity index is 1.35. The number of nitrogens with zero attached hydrogens (tertiary/aromatic N) is 4. The Labute approximate surface area is 194 Å². The zero-order valence-corrected chi connectivity index (χ0v) is 19.1. The molecule has 7 heteroatoms. The summed E-state index contributed by atoms with van der Waals surface area (Å²) in [7, 11) is 0. The molecule has 2 saturated heterocycles. The van der Waals surface area contributed by atoms with Crippen molar-refractivity contribution in [3.63, 3.8) is 0 Å². The maximum atomic E-state index is 13.6. The summed E-state index contributed by atoms with van der Waals surface area (Å²) in [5.74, 6) is 1.58. The molecule has 0 N–H and O–H groups in total. The minimum absolute atomic E-state index is 0.0198. The first-order chi connectivity index (χ1) is 16.1. The van der Waals surface area contributed by atoms with Gasteiger partial charge in [-0.05, 0) is 63.3 Å². The van der Waals surface area contributed by atoms with Crippen LogP contribution in [0.1, 0.15) is 48.2 Å². The molecule has 1 aromatic carbocycles. The van der Waals surface area contributed by atoms with Crippen molar-refractivity contribution in [2.45, 2.75) is 39.0 Å². The quantitative estimate of drug-likeness (QED) is 0.599. The lowest BCUT2D eigenvalue weighted by Crippen LogP contribution is -2.45. The molecule has 33 heavy (non-hydrogen) atoms. The number of carbonyl (C=O) groups excluding carboxylic acids is 2. The molecule has 2 aliphatic rings. The van der Waals surface area contributed by atoms with Crippen molar-refractivity contribution >= 4 is 11.8 Å². The van der Waals surface area contributed by atoms with Crippen molar-refractivity contribution in [2.75, 3.05) is 26.2 Å². The summed E-state index contributed by atoms with van der Waals surface area (Å²) in [6, 6.07) is 13.5. The fourth-order valence-electron chi connectivity index (χ4n) is 4.86. The molecular weight excluding hydrogens is 416 g/mol. The second-order valence-corrected chi connectivity index (χ2v) is 9.03. The summed E-state index contributed by atoms with van der Waals surface area (Å²) in [6.45, 7) is 4.79. The highest BCUT2D eigenvalue weighted by Gasteiger charge is 2.32. The summed E-state index contributed by atoms with van der Waals surface area (Å²) in [5.41, 5.74) is 1.95. The third-order valence-corrected chi connectivity index (χ3v) is 6.74. The Hall–Kier alpha value is -3.35. The number of amides is 2. The van der Waals surface area contributed by atoms with Crippen molar-refractivity contribution in [1.29, 1.82) is 0 Å². The first-order valence-corrected chi connectivity index (χ1v) is 11.9. The van der Waals surface area contributed by atoms with Gasteiger partial charge < -0.3 is 14.2 Å². The van der Waals surface area contributed by atoms with Gasteiger partial charge in [-0.25, -0.2) is 4.68 Å². The van der Waals surface area contributed by atoms with Crippen molar-refractivity contribution in [3.05, 3.63) is 60.0 Å². The average Bonchev–Trinajstić information content (AvgIpc) is 3.51. The predicted molar refractivity (Wildman–Crippen MR) is 125 cm³/mol. The van der Waals surface area contributed by atoms with E-state index in [0.29, 0.717) is 42.9 Å². The van der Waals surface area contributed by atoms with E-state index in [1.54, 1.807) is 10.9 Å². The minimum Gasteiger partial charge on any atom is -0.460 e. The molecule has 0 aliphatic carbocycles. The molecule has 0 radical (unpaired) electrons. The van der Waals surface area contributed by atoms with Crippen LogP contribution < -0.4 is 0 Å². The van der Waals surface area contributed by atoms with Crippen molar-refractivity contribution in [3.8, 4) is 17.1 Å². The van der Waals surface area contributed by atoms with Gasteiger partial charge in [0.15, 0.2) is 5.76 Å². The Morgan fingerprint density at radius 2 is 1.64 bits per heavy atom. The minimum atomic E-state index is -0.0647. The summed E-state index contributed by atoms with van der Waals surface area (Å²) in [6.07, 6.45) is 6.62. The number of aryl methyl sites for hydroxylation is 1. The molecule has 0 saturated carbocycles. The summed E-state index contributed by atoms with van der Waals surface area (Å²) >= 11 is 0. The molecule has 2 fully saturated rings. The highest BCUT2D eigenvalue weighted by Crippen LogP contribution is 2.29. The molecule has 172 valence electrons. The van der Waals surface area contributed by atoms with Gasteiger partial charge >= 0.3 is 0 Å². The number of hydrogen-bond acceptors (Lipinski definition) is 4. The van der Waals surface area contributed by atoms with Gasteiger partial charge in [0.05, 0.1) is 11.3 Å². The Bertz CT molecular complexity index is 1120. The van der Waals surface area contributed by atoms with E-state index in [0.717, 1.165) is 37.4 Å². The standard InChI is InChI=1S/C26H30N4O3/c1-19-10-11-23(33-19)24-22(18-30(27-24)21-8-4-2-5-9-21)26(32)29-16-12-20(13-17-29)25(31)28-14-6-3-7-15-28/h2,4-5,8-11,18,20H,3,6-7,12-17H2,1H3. The fraction of sp³-hybridized carbons (Fsp3) is 0.423. The van der Waals surface area contributed by atoms with Gasteiger partial charge in [-0.1, -0.05) is 18.2 Å². The van der Waals surface area contributed by atoms with E-state index in [4.69, 9.17) is 9.52 Å². The van der Waals surface area contributed by atoms with Crippen LogP contribution in [-0.4, -0.2) is 57.6 Å². The smallest absolute Gasteiger partial charge is 0.257 e. The van der Waals surface area contributed by atoms with Crippen molar-refractivity contribution in [2.24, 2.45) is 5.92 Å². The van der Waals surface area contributed by atoms with Crippen LogP contribution in [0.15, 0.2) is 53.1 Å². The largest absolute Gasteiger partial charge is 0.460 e. The monoisotopic (exact) mass is 446 g/mol. The Kier molecular flexibility index (Phi) is 6.03. The van der Waals surface area contributed by atoms with Gasteiger partial charge in [0.2, 0.25) is 5.91 Å². The number of carbonyl (C=O) groups is 2. The molecule has 7 nitrogen and oxygen atoms in total. The molecule has 0 spiro atoms. The molecule has 2 aromatic heterocycles. The number of furan rings is 1. The molecular formula is C26H30N4O3. The SMILES string of the molecule is Cc1ccc(-c2nn(-c3ccccc3)cc2C(=O)N2CCC(C(=O)N3CCCCC3)CC2)o1. The molecule has 0 atom stereocenters. The van der Waals surface area contributed by atoms with Gasteiger partial charge in [0.25, 0.3) is 5.91 Å². The van der Waals surface area contributed by atoms with Gasteiger partial charge in [-0.2, -0.15) is 5.10 Å². The van der Waals surface area contributed by atoms with Crippen LogP contribution in [0.2, 0.25) is 0 Å². The maximum absolute atomic E-state index is 13.6. The van der Waals surface area contributed by atoms with Crippen molar-refractivity contribution in [1.82, 2.24) is 19.6 Å². The molecule has 2 aliphatic heterocycles. The van der Waals surface area contributed by atoms with Crippen molar-refractivity contribution < 1.29 is 14.0 Å². The van der Waals surface area contributed by atoms with E-state index in [2.05, 4.69) is 0 Å². The summed E-state index contributed by atoms with van der Waals surface area (Å²) < 4.78 is 7.55. The zero-order chi connectivity index (χ0) is 22.8. The number of aromatic nitrogens is 2. The summed E-state index contributed by atoms with van der Waals surface area (Å²) in [5, 5.41) is 4.70. The van der Waals surface area contributed by atoms with Crippen LogP contribution in [-0.2, 0) is 4.79 Å². The van der Waals surface area contributed by atoms with E-state index in [1.807, 2.05) is 59.2 Å². The molecule has 2 amide bonds. The van der Waals surface area contributed by atoms with E-state index in [1.165, 1.54) is 6.42 Å². The zero-order valence-electron chi connectivity index (χ0n) is 19.1. The number of hydrogen-bond donors (Lipinski definition) is 0. The Morgan fingerprint density at radius 1 is 0.909 bits per heavy atom. The first-order valence-electron chi connectivity index (χ1n) is 11.9.